The highest BCUT2D eigenvalue weighted by Crippen LogP contribution is 2.27. The fourth-order valence-corrected chi connectivity index (χ4v) is 3.01. The molecule has 0 saturated heterocycles. The molecule has 3 aromatic rings. The zero-order valence-corrected chi connectivity index (χ0v) is 12.7. The van der Waals surface area contributed by atoms with Crippen LogP contribution in [0.3, 0.4) is 0 Å². The first kappa shape index (κ1) is 14.2. The van der Waals surface area contributed by atoms with Gasteiger partial charge in [0.05, 0.1) is 6.04 Å². The van der Waals surface area contributed by atoms with Crippen LogP contribution in [0.25, 0.3) is 11.0 Å². The van der Waals surface area contributed by atoms with Crippen molar-refractivity contribution in [2.75, 3.05) is 12.3 Å². The molecule has 6 heteroatoms. The molecule has 2 aromatic heterocycles. The highest BCUT2D eigenvalue weighted by molar-refractivity contribution is 7.99. The van der Waals surface area contributed by atoms with Gasteiger partial charge < -0.3 is 9.73 Å². The van der Waals surface area contributed by atoms with Crippen LogP contribution in [0, 0.1) is 0 Å². The average molecular weight is 302 g/mol. The number of para-hydroxylation sites is 1. The molecule has 1 unspecified atom stereocenters. The van der Waals surface area contributed by atoms with Gasteiger partial charge in [-0.25, -0.2) is 4.98 Å². The van der Waals surface area contributed by atoms with E-state index in [1.165, 1.54) is 6.33 Å². The van der Waals surface area contributed by atoms with Gasteiger partial charge in [-0.15, -0.1) is 0 Å². The summed E-state index contributed by atoms with van der Waals surface area (Å²) in [5.41, 5.74) is 0.931. The smallest absolute Gasteiger partial charge is 0.183 e. The quantitative estimate of drug-likeness (QED) is 0.655. The van der Waals surface area contributed by atoms with E-state index in [-0.39, 0.29) is 6.04 Å². The summed E-state index contributed by atoms with van der Waals surface area (Å²) in [6.07, 6.45) is 2.61. The van der Waals surface area contributed by atoms with E-state index in [9.17, 15) is 0 Å². The molecule has 0 fully saturated rings. The van der Waals surface area contributed by atoms with Gasteiger partial charge in [0, 0.05) is 11.1 Å². The Morgan fingerprint density at radius 2 is 2.29 bits per heavy atom. The molecule has 0 aliphatic carbocycles. The predicted molar refractivity (Wildman–Crippen MR) is 84.4 cm³/mol. The second-order valence-electron chi connectivity index (χ2n) is 4.79. The molecule has 2 heterocycles. The molecule has 0 radical (unpaired) electrons. The number of nitrogens with one attached hydrogen (secondary N) is 2. The molecule has 2 N–H and O–H groups in total. The number of nitrogens with zero attached hydrogens (tertiary/aromatic N) is 2. The lowest BCUT2D eigenvalue weighted by atomic mass is 10.2. The van der Waals surface area contributed by atoms with Gasteiger partial charge in [-0.1, -0.05) is 36.9 Å². The fraction of sp³-hybridized carbons (Fsp3) is 0.333. The SMILES string of the molecule is CCCNC(CSc1ncn[nH]1)c1cc2ccccc2o1. The topological polar surface area (TPSA) is 66.7 Å². The first-order valence-electron chi connectivity index (χ1n) is 7.07. The highest BCUT2D eigenvalue weighted by Gasteiger charge is 2.16. The molecular formula is C15H18N4OS. The first-order valence-corrected chi connectivity index (χ1v) is 8.05. The van der Waals surface area contributed by atoms with Crippen molar-refractivity contribution in [2.45, 2.75) is 24.5 Å². The lowest BCUT2D eigenvalue weighted by molar-refractivity contribution is 0.456. The summed E-state index contributed by atoms with van der Waals surface area (Å²) in [6, 6.07) is 10.4. The van der Waals surface area contributed by atoms with Gasteiger partial charge in [0.1, 0.15) is 17.7 Å². The number of aromatic amines is 1. The summed E-state index contributed by atoms with van der Waals surface area (Å²) in [5, 5.41) is 12.2. The van der Waals surface area contributed by atoms with Crippen molar-refractivity contribution in [2.24, 2.45) is 0 Å². The molecule has 0 spiro atoms. The van der Waals surface area contributed by atoms with Gasteiger partial charge in [-0.05, 0) is 25.1 Å². The summed E-state index contributed by atoms with van der Waals surface area (Å²) in [5.74, 6) is 1.81. The average Bonchev–Trinajstić information content (AvgIpc) is 3.16. The van der Waals surface area contributed by atoms with Crippen LogP contribution in [0.1, 0.15) is 25.1 Å². The van der Waals surface area contributed by atoms with Crippen LogP contribution in [-0.4, -0.2) is 27.5 Å². The predicted octanol–water partition coefficient (Wildman–Crippen LogP) is 3.38. The van der Waals surface area contributed by atoms with Crippen molar-refractivity contribution in [1.82, 2.24) is 20.5 Å². The van der Waals surface area contributed by atoms with Crippen LogP contribution in [0.4, 0.5) is 0 Å². The molecule has 1 aromatic carbocycles. The van der Waals surface area contributed by atoms with E-state index in [4.69, 9.17) is 4.42 Å². The number of rotatable bonds is 7. The summed E-state index contributed by atoms with van der Waals surface area (Å²) >= 11 is 1.64. The Kier molecular flexibility index (Phi) is 4.57. The molecule has 0 aliphatic rings. The monoisotopic (exact) mass is 302 g/mol. The molecule has 0 aliphatic heterocycles. The van der Waals surface area contributed by atoms with Crippen LogP contribution < -0.4 is 5.32 Å². The van der Waals surface area contributed by atoms with Gasteiger partial charge in [0.25, 0.3) is 0 Å². The minimum absolute atomic E-state index is 0.160. The Hall–Kier alpha value is -1.79. The third-order valence-corrected chi connectivity index (χ3v) is 4.18. The number of thioether (sulfide) groups is 1. The van der Waals surface area contributed by atoms with E-state index in [0.717, 1.165) is 40.6 Å². The maximum Gasteiger partial charge on any atom is 0.183 e. The van der Waals surface area contributed by atoms with Crippen LogP contribution in [0.5, 0.6) is 0 Å². The Balaban J connectivity index is 1.76. The number of benzene rings is 1. The number of hydrogen-bond acceptors (Lipinski definition) is 5. The number of hydrogen-bond donors (Lipinski definition) is 2. The number of aromatic nitrogens is 3. The van der Waals surface area contributed by atoms with Gasteiger partial charge in [-0.3, -0.25) is 5.10 Å². The van der Waals surface area contributed by atoms with E-state index >= 15 is 0 Å². The summed E-state index contributed by atoms with van der Waals surface area (Å²) < 4.78 is 5.98. The molecule has 0 saturated carbocycles. The lowest BCUT2D eigenvalue weighted by Crippen LogP contribution is -2.23. The molecule has 0 bridgehead atoms. The highest BCUT2D eigenvalue weighted by atomic mass is 32.2. The number of fused-ring (bicyclic) bond motifs is 1. The van der Waals surface area contributed by atoms with E-state index in [1.807, 2.05) is 18.2 Å². The Labute approximate surface area is 127 Å². The van der Waals surface area contributed by atoms with Gasteiger partial charge in [0.2, 0.25) is 0 Å². The van der Waals surface area contributed by atoms with E-state index in [2.05, 4.69) is 39.6 Å². The van der Waals surface area contributed by atoms with Crippen molar-refractivity contribution < 1.29 is 4.42 Å². The Morgan fingerprint density at radius 1 is 1.38 bits per heavy atom. The van der Waals surface area contributed by atoms with Crippen molar-refractivity contribution in [3.8, 4) is 0 Å². The van der Waals surface area contributed by atoms with Crippen molar-refractivity contribution in [1.29, 1.82) is 0 Å². The van der Waals surface area contributed by atoms with Crippen LogP contribution >= 0.6 is 11.8 Å². The summed E-state index contributed by atoms with van der Waals surface area (Å²) in [6.45, 7) is 3.12. The van der Waals surface area contributed by atoms with Crippen molar-refractivity contribution >= 4 is 22.7 Å². The molecule has 0 amide bonds. The van der Waals surface area contributed by atoms with Crippen molar-refractivity contribution in [3.63, 3.8) is 0 Å². The Bertz CT molecular complexity index is 647. The van der Waals surface area contributed by atoms with E-state index in [1.54, 1.807) is 11.8 Å². The van der Waals surface area contributed by atoms with Crippen LogP contribution in [0.15, 0.2) is 46.2 Å². The van der Waals surface area contributed by atoms with Gasteiger partial charge >= 0.3 is 0 Å². The molecule has 3 rings (SSSR count). The van der Waals surface area contributed by atoms with Crippen LogP contribution in [-0.2, 0) is 0 Å². The van der Waals surface area contributed by atoms with Crippen molar-refractivity contribution in [3.05, 3.63) is 42.4 Å². The maximum absolute atomic E-state index is 5.98. The maximum atomic E-state index is 5.98. The molecule has 1 atom stereocenters. The minimum atomic E-state index is 0.160. The third-order valence-electron chi connectivity index (χ3n) is 3.21. The standard InChI is InChI=1S/C15H18N4OS/c1-2-7-16-12(9-21-15-17-10-18-19-15)14-8-11-5-3-4-6-13(11)20-14/h3-6,8,10,12,16H,2,7,9H2,1H3,(H,17,18,19). The third kappa shape index (κ3) is 3.46. The first-order chi connectivity index (χ1) is 10.4. The molecule has 5 nitrogen and oxygen atoms in total. The normalized spacial score (nSPS) is 12.8. The van der Waals surface area contributed by atoms with Crippen LogP contribution in [0.2, 0.25) is 0 Å². The van der Waals surface area contributed by atoms with Gasteiger partial charge in [0.15, 0.2) is 5.16 Å². The largest absolute Gasteiger partial charge is 0.459 e. The van der Waals surface area contributed by atoms with E-state index in [0.29, 0.717) is 0 Å². The zero-order chi connectivity index (χ0) is 14.5. The van der Waals surface area contributed by atoms with E-state index < -0.39 is 0 Å². The zero-order valence-electron chi connectivity index (χ0n) is 11.9. The second kappa shape index (κ2) is 6.78. The molecule has 21 heavy (non-hydrogen) atoms. The number of H-pyrrole nitrogens is 1. The summed E-state index contributed by atoms with van der Waals surface area (Å²) in [4.78, 5) is 4.14. The number of furan rings is 1. The lowest BCUT2D eigenvalue weighted by Gasteiger charge is -2.14. The fourth-order valence-electron chi connectivity index (χ4n) is 2.16. The molecule has 110 valence electrons. The van der Waals surface area contributed by atoms with Gasteiger partial charge in [-0.2, -0.15) is 5.10 Å². The Morgan fingerprint density at radius 3 is 3.05 bits per heavy atom. The minimum Gasteiger partial charge on any atom is -0.459 e. The summed E-state index contributed by atoms with van der Waals surface area (Å²) in [7, 11) is 0. The second-order valence-corrected chi connectivity index (χ2v) is 5.80. The molecular weight excluding hydrogens is 284 g/mol.